The fourth-order valence-electron chi connectivity index (χ4n) is 2.02. The summed E-state index contributed by atoms with van der Waals surface area (Å²) in [6, 6.07) is 3.60. The van der Waals surface area contributed by atoms with Gasteiger partial charge in [-0.25, -0.2) is 0 Å². The summed E-state index contributed by atoms with van der Waals surface area (Å²) in [6.07, 6.45) is 9.19. The lowest BCUT2D eigenvalue weighted by molar-refractivity contribution is 0.348. The Bertz CT molecular complexity index is 594. The lowest BCUT2D eigenvalue weighted by Gasteiger charge is -2.29. The number of rotatable bonds is 4. The van der Waals surface area contributed by atoms with Gasteiger partial charge < -0.3 is 4.90 Å². The molecule has 0 amide bonds. The monoisotopic (exact) mass is 280 g/mol. The van der Waals surface area contributed by atoms with E-state index in [4.69, 9.17) is 0 Å². The van der Waals surface area contributed by atoms with Gasteiger partial charge in [0.2, 0.25) is 0 Å². The number of pyridine rings is 1. The molecular weight excluding hydrogens is 264 g/mol. The molecule has 1 aromatic heterocycles. The molecule has 1 aliphatic rings. The zero-order chi connectivity index (χ0) is 13.9. The third-order valence-corrected chi connectivity index (χ3v) is 3.91. The molecule has 102 valence electrons. The second-order valence-corrected chi connectivity index (χ2v) is 5.83. The SMILES string of the molecule is CCCN1C=CC(c2ccncc2)=CC1S(=O)(=O)O. The molecular formula is C13H16N2O3S. The maximum absolute atomic E-state index is 11.5. The van der Waals surface area contributed by atoms with E-state index in [1.807, 2.05) is 13.0 Å². The Kier molecular flexibility index (Phi) is 4.01. The number of hydrogen-bond acceptors (Lipinski definition) is 4. The van der Waals surface area contributed by atoms with E-state index in [9.17, 15) is 13.0 Å². The van der Waals surface area contributed by atoms with Crippen LogP contribution in [0.2, 0.25) is 0 Å². The summed E-state index contributed by atoms with van der Waals surface area (Å²) in [4.78, 5) is 5.53. The third-order valence-electron chi connectivity index (χ3n) is 2.90. The molecule has 0 saturated heterocycles. The van der Waals surface area contributed by atoms with Gasteiger partial charge in [-0.15, -0.1) is 0 Å². The average molecular weight is 280 g/mol. The number of nitrogens with zero attached hydrogens (tertiary/aromatic N) is 2. The molecule has 19 heavy (non-hydrogen) atoms. The summed E-state index contributed by atoms with van der Waals surface area (Å²) < 4.78 is 32.3. The van der Waals surface area contributed by atoms with Gasteiger partial charge in [0.05, 0.1) is 0 Å². The van der Waals surface area contributed by atoms with Gasteiger partial charge in [-0.05, 0) is 41.8 Å². The van der Waals surface area contributed by atoms with E-state index in [2.05, 4.69) is 4.98 Å². The maximum Gasteiger partial charge on any atom is 0.290 e. The number of aromatic nitrogens is 1. The van der Waals surface area contributed by atoms with Crippen LogP contribution in [-0.2, 0) is 10.1 Å². The second kappa shape index (κ2) is 5.54. The molecule has 0 saturated carbocycles. The molecule has 0 bridgehead atoms. The molecule has 2 heterocycles. The van der Waals surface area contributed by atoms with E-state index in [1.165, 1.54) is 0 Å². The first-order valence-electron chi connectivity index (χ1n) is 6.05. The molecule has 0 radical (unpaired) electrons. The average Bonchev–Trinajstić information content (AvgIpc) is 2.39. The van der Waals surface area contributed by atoms with Crippen molar-refractivity contribution in [2.75, 3.05) is 6.54 Å². The zero-order valence-corrected chi connectivity index (χ0v) is 11.4. The highest BCUT2D eigenvalue weighted by Gasteiger charge is 2.28. The van der Waals surface area contributed by atoms with Crippen LogP contribution in [0.3, 0.4) is 0 Å². The lowest BCUT2D eigenvalue weighted by Crippen LogP contribution is -2.38. The minimum absolute atomic E-state index is 0.571. The fourth-order valence-corrected chi connectivity index (χ4v) is 2.86. The van der Waals surface area contributed by atoms with Gasteiger partial charge in [0.15, 0.2) is 5.37 Å². The van der Waals surface area contributed by atoms with Crippen LogP contribution in [0.5, 0.6) is 0 Å². The molecule has 5 nitrogen and oxygen atoms in total. The Morgan fingerprint density at radius 3 is 2.63 bits per heavy atom. The highest BCUT2D eigenvalue weighted by Crippen LogP contribution is 2.24. The molecule has 0 spiro atoms. The Morgan fingerprint density at radius 2 is 2.05 bits per heavy atom. The Labute approximate surface area is 113 Å². The summed E-state index contributed by atoms with van der Waals surface area (Å²) in [6.45, 7) is 2.53. The highest BCUT2D eigenvalue weighted by molar-refractivity contribution is 7.86. The molecule has 1 atom stereocenters. The van der Waals surface area contributed by atoms with Crippen molar-refractivity contribution in [2.24, 2.45) is 0 Å². The van der Waals surface area contributed by atoms with Gasteiger partial charge in [0.25, 0.3) is 10.1 Å². The number of allylic oxidation sites excluding steroid dienone is 2. The largest absolute Gasteiger partial charge is 0.356 e. The molecule has 2 rings (SSSR count). The minimum atomic E-state index is -4.16. The van der Waals surface area contributed by atoms with Crippen LogP contribution < -0.4 is 0 Å². The van der Waals surface area contributed by atoms with Crippen molar-refractivity contribution >= 4 is 15.7 Å². The van der Waals surface area contributed by atoms with Crippen LogP contribution in [0.1, 0.15) is 18.9 Å². The predicted octanol–water partition coefficient (Wildman–Crippen LogP) is 1.92. The first kappa shape index (κ1) is 13.8. The lowest BCUT2D eigenvalue weighted by atomic mass is 10.1. The summed E-state index contributed by atoms with van der Waals surface area (Å²) in [5, 5.41) is -1.03. The molecule has 1 N–H and O–H groups in total. The molecule has 0 aliphatic carbocycles. The molecule has 6 heteroatoms. The van der Waals surface area contributed by atoms with E-state index >= 15 is 0 Å². The van der Waals surface area contributed by atoms with Gasteiger partial charge in [0.1, 0.15) is 0 Å². The summed E-state index contributed by atoms with van der Waals surface area (Å²) in [5.41, 5.74) is 1.63. The van der Waals surface area contributed by atoms with Crippen LogP contribution in [-0.4, -0.2) is 34.8 Å². The van der Waals surface area contributed by atoms with Crippen molar-refractivity contribution in [1.82, 2.24) is 9.88 Å². The Hall–Kier alpha value is -1.66. The first-order valence-corrected chi connectivity index (χ1v) is 7.55. The first-order chi connectivity index (χ1) is 9.02. The zero-order valence-electron chi connectivity index (χ0n) is 10.6. The second-order valence-electron chi connectivity index (χ2n) is 4.32. The van der Waals surface area contributed by atoms with Crippen molar-refractivity contribution in [3.8, 4) is 0 Å². The minimum Gasteiger partial charge on any atom is -0.356 e. The van der Waals surface area contributed by atoms with Crippen molar-refractivity contribution in [2.45, 2.75) is 18.7 Å². The van der Waals surface area contributed by atoms with Gasteiger partial charge in [-0.3, -0.25) is 9.54 Å². The van der Waals surface area contributed by atoms with E-state index in [1.54, 1.807) is 41.7 Å². The van der Waals surface area contributed by atoms with Crippen molar-refractivity contribution < 1.29 is 13.0 Å². The van der Waals surface area contributed by atoms with E-state index in [0.717, 1.165) is 17.6 Å². The summed E-state index contributed by atoms with van der Waals surface area (Å²) >= 11 is 0. The van der Waals surface area contributed by atoms with Crippen LogP contribution in [0.4, 0.5) is 0 Å². The molecule has 1 aromatic rings. The fraction of sp³-hybridized carbons (Fsp3) is 0.308. The van der Waals surface area contributed by atoms with Crippen molar-refractivity contribution in [3.63, 3.8) is 0 Å². The summed E-state index contributed by atoms with van der Waals surface area (Å²) in [5.74, 6) is 0. The van der Waals surface area contributed by atoms with Crippen LogP contribution >= 0.6 is 0 Å². The van der Waals surface area contributed by atoms with E-state index in [-0.39, 0.29) is 0 Å². The smallest absolute Gasteiger partial charge is 0.290 e. The van der Waals surface area contributed by atoms with E-state index in [0.29, 0.717) is 6.54 Å². The quantitative estimate of drug-likeness (QED) is 0.853. The van der Waals surface area contributed by atoms with Crippen LogP contribution in [0, 0.1) is 0 Å². The molecule has 0 aromatic carbocycles. The van der Waals surface area contributed by atoms with Gasteiger partial charge >= 0.3 is 0 Å². The summed E-state index contributed by atoms with van der Waals surface area (Å²) in [7, 11) is -4.16. The van der Waals surface area contributed by atoms with Crippen LogP contribution in [0.25, 0.3) is 5.57 Å². The number of hydrogen-bond donors (Lipinski definition) is 1. The predicted molar refractivity (Wildman–Crippen MR) is 73.7 cm³/mol. The highest BCUT2D eigenvalue weighted by atomic mass is 32.2. The topological polar surface area (TPSA) is 70.5 Å². The molecule has 0 fully saturated rings. The van der Waals surface area contributed by atoms with Crippen LogP contribution in [0.15, 0.2) is 42.9 Å². The van der Waals surface area contributed by atoms with Gasteiger partial charge in [0, 0.05) is 25.1 Å². The standard InChI is InChI=1S/C13H16N2O3S/c1-2-8-15-9-5-12(10-13(15)19(16,17)18)11-3-6-14-7-4-11/h3-7,9-10,13H,2,8H2,1H3,(H,16,17,18). The van der Waals surface area contributed by atoms with Gasteiger partial charge in [-0.1, -0.05) is 6.92 Å². The molecule has 1 aliphatic heterocycles. The van der Waals surface area contributed by atoms with E-state index < -0.39 is 15.5 Å². The molecule has 1 unspecified atom stereocenters. The van der Waals surface area contributed by atoms with Gasteiger partial charge in [-0.2, -0.15) is 8.42 Å². The maximum atomic E-state index is 11.5. The Morgan fingerprint density at radius 1 is 1.37 bits per heavy atom. The third kappa shape index (κ3) is 3.21. The Balaban J connectivity index is 2.37. The van der Waals surface area contributed by atoms with Crippen molar-refractivity contribution in [1.29, 1.82) is 0 Å². The van der Waals surface area contributed by atoms with Crippen molar-refractivity contribution in [3.05, 3.63) is 48.4 Å². The normalized spacial score (nSPS) is 19.4.